The van der Waals surface area contributed by atoms with Crippen molar-refractivity contribution in [2.75, 3.05) is 13.2 Å². The Bertz CT molecular complexity index is 1830. The molecule has 0 radical (unpaired) electrons. The molecule has 0 aliphatic rings. The third-order valence-corrected chi connectivity index (χ3v) is 12.4. The molecule has 0 spiro atoms. The van der Waals surface area contributed by atoms with Crippen LogP contribution in [-0.4, -0.2) is 36.4 Å². The molecule has 0 saturated carbocycles. The molecule has 78 heavy (non-hydrogen) atoms. The first-order valence-corrected chi connectivity index (χ1v) is 31.0. The Labute approximate surface area is 479 Å². The van der Waals surface area contributed by atoms with E-state index in [1.807, 2.05) is 0 Å². The van der Waals surface area contributed by atoms with Gasteiger partial charge in [0.15, 0.2) is 6.10 Å². The third-order valence-electron chi connectivity index (χ3n) is 12.4. The molecule has 1 unspecified atom stereocenters. The van der Waals surface area contributed by atoms with Crippen LogP contribution < -0.4 is 0 Å². The van der Waals surface area contributed by atoms with E-state index in [2.05, 4.69) is 208 Å². The van der Waals surface area contributed by atoms with Gasteiger partial charge in [0, 0.05) is 12.8 Å². The number of carbonyl (C=O) groups excluding carboxylic acids is 2. The average Bonchev–Trinajstić information content (AvgIpc) is 3.44. The Balaban J connectivity index is 3.65. The number of allylic oxidation sites excluding steroid dienone is 32. The number of carbonyl (C=O) groups is 2. The number of ether oxygens (including phenoxy) is 2. The minimum Gasteiger partial charge on any atom is -0.462 e. The van der Waals surface area contributed by atoms with E-state index in [1.54, 1.807) is 0 Å². The maximum absolute atomic E-state index is 12.3. The molecule has 0 aromatic heterocycles. The van der Waals surface area contributed by atoms with Crippen LogP contribution in [0.3, 0.4) is 0 Å². The smallest absolute Gasteiger partial charge is 0.306 e. The summed E-state index contributed by atoms with van der Waals surface area (Å²) < 4.78 is 10.7. The predicted octanol–water partition coefficient (Wildman–Crippen LogP) is 21.6. The Morgan fingerprint density at radius 2 is 0.513 bits per heavy atom. The molecule has 0 rings (SSSR count). The number of unbranched alkanes of at least 4 members (excludes halogenated alkanes) is 14. The molecule has 0 saturated heterocycles. The number of hydrogen-bond acceptors (Lipinski definition) is 5. The summed E-state index contributed by atoms with van der Waals surface area (Å²) in [5.74, 6) is -0.630. The van der Waals surface area contributed by atoms with Crippen molar-refractivity contribution < 1.29 is 24.2 Å². The van der Waals surface area contributed by atoms with Crippen molar-refractivity contribution in [3.63, 3.8) is 0 Å². The fourth-order valence-electron chi connectivity index (χ4n) is 7.82. The van der Waals surface area contributed by atoms with E-state index in [0.29, 0.717) is 12.8 Å². The van der Waals surface area contributed by atoms with Crippen molar-refractivity contribution in [3.8, 4) is 0 Å². The van der Waals surface area contributed by atoms with E-state index >= 15 is 0 Å². The lowest BCUT2D eigenvalue weighted by molar-refractivity contribution is -0.161. The van der Waals surface area contributed by atoms with Crippen molar-refractivity contribution in [2.45, 2.75) is 238 Å². The van der Waals surface area contributed by atoms with E-state index in [9.17, 15) is 14.7 Å². The molecule has 1 N–H and O–H groups in total. The quantitative estimate of drug-likeness (QED) is 0.0373. The van der Waals surface area contributed by atoms with E-state index in [4.69, 9.17) is 9.47 Å². The summed E-state index contributed by atoms with van der Waals surface area (Å²) >= 11 is 0. The molecule has 0 aromatic rings. The first-order chi connectivity index (χ1) is 38.6. The summed E-state index contributed by atoms with van der Waals surface area (Å²) in [4.78, 5) is 24.6. The fraction of sp³-hybridized carbons (Fsp3) is 0.534. The minimum atomic E-state index is -0.799. The molecule has 5 nitrogen and oxygen atoms in total. The van der Waals surface area contributed by atoms with Crippen molar-refractivity contribution in [2.24, 2.45) is 0 Å². The molecule has 0 aliphatic carbocycles. The lowest BCUT2D eigenvalue weighted by Gasteiger charge is -2.15. The molecular weight excluding hydrogens is 957 g/mol. The zero-order valence-electron chi connectivity index (χ0n) is 49.6. The van der Waals surface area contributed by atoms with Gasteiger partial charge in [0.1, 0.15) is 6.61 Å². The van der Waals surface area contributed by atoms with Gasteiger partial charge in [-0.15, -0.1) is 0 Å². The number of rotatable bonds is 54. The molecule has 5 heteroatoms. The van der Waals surface area contributed by atoms with Crippen LogP contribution in [0.2, 0.25) is 0 Å². The van der Waals surface area contributed by atoms with E-state index in [1.165, 1.54) is 51.4 Å². The van der Waals surface area contributed by atoms with Crippen LogP contribution in [-0.2, 0) is 19.1 Å². The second kappa shape index (κ2) is 66.0. The monoisotopic (exact) mass is 1070 g/mol. The molecule has 0 aliphatic heterocycles. The number of hydrogen-bond donors (Lipinski definition) is 1. The normalized spacial score (nSPS) is 13.6. The summed E-state index contributed by atoms with van der Waals surface area (Å²) in [6.45, 7) is 3.88. The highest BCUT2D eigenvalue weighted by Crippen LogP contribution is 2.13. The van der Waals surface area contributed by atoms with Crippen molar-refractivity contribution in [1.29, 1.82) is 0 Å². The molecule has 0 heterocycles. The van der Waals surface area contributed by atoms with Gasteiger partial charge >= 0.3 is 11.9 Å². The number of aliphatic hydroxyl groups is 1. The van der Waals surface area contributed by atoms with Gasteiger partial charge in [-0.3, -0.25) is 9.59 Å². The number of aliphatic hydroxyl groups excluding tert-OH is 1. The molecule has 0 fully saturated rings. The summed E-state index contributed by atoms with van der Waals surface area (Å²) in [5.41, 5.74) is 0. The maximum atomic E-state index is 12.3. The average molecular weight is 1070 g/mol. The molecule has 1 atom stereocenters. The largest absolute Gasteiger partial charge is 0.462 e. The predicted molar refractivity (Wildman–Crippen MR) is 342 cm³/mol. The topological polar surface area (TPSA) is 72.8 Å². The minimum absolute atomic E-state index is 0.0890. The van der Waals surface area contributed by atoms with Gasteiger partial charge in [-0.1, -0.05) is 272 Å². The second-order valence-corrected chi connectivity index (χ2v) is 19.7. The first kappa shape index (κ1) is 72.7. The van der Waals surface area contributed by atoms with Gasteiger partial charge in [-0.25, -0.2) is 0 Å². The summed E-state index contributed by atoms with van der Waals surface area (Å²) in [6, 6.07) is 0. The second-order valence-electron chi connectivity index (χ2n) is 19.7. The Kier molecular flexibility index (Phi) is 61.6. The summed E-state index contributed by atoms with van der Waals surface area (Å²) in [5, 5.41) is 9.67. The van der Waals surface area contributed by atoms with Crippen molar-refractivity contribution in [3.05, 3.63) is 194 Å². The fourth-order valence-corrected chi connectivity index (χ4v) is 7.82. The zero-order valence-corrected chi connectivity index (χ0v) is 49.6. The third kappa shape index (κ3) is 63.3. The Morgan fingerprint density at radius 1 is 0.295 bits per heavy atom. The molecule has 0 amide bonds. The zero-order chi connectivity index (χ0) is 56.2. The van der Waals surface area contributed by atoms with Crippen LogP contribution >= 0.6 is 0 Å². The van der Waals surface area contributed by atoms with Crippen LogP contribution in [0.4, 0.5) is 0 Å². The van der Waals surface area contributed by atoms with Crippen LogP contribution in [0.25, 0.3) is 0 Å². The van der Waals surface area contributed by atoms with Crippen molar-refractivity contribution in [1.82, 2.24) is 0 Å². The van der Waals surface area contributed by atoms with Gasteiger partial charge in [0.25, 0.3) is 0 Å². The van der Waals surface area contributed by atoms with E-state index in [0.717, 1.165) is 154 Å². The standard InChI is InChI=1S/C73H112O5/c1-3-5-7-9-11-13-15-17-19-21-23-25-27-28-29-30-31-32-33-34-35-36-37-38-39-40-41-42-43-44-46-48-50-52-54-56-58-60-62-64-66-68-73(76)78-71(69-74)70-77-72(75)67-65-63-61-59-57-55-53-51-49-47-45-26-24-22-20-18-16-14-12-10-8-6-4-2/h5-8,11-14,17-20,23-26,28-29,31-32,34-35,37-38,40-41,43-44,47-50,71,74H,3-4,9-10,15-16,21-22,27,30,33,36,39,42,45-46,51-70H2,1-2H3/b7-5-,8-6-,13-11-,14-12-,19-17-,20-18-,25-23-,26-24-,29-28-,32-31-,35-34-,38-37-,41-40-,44-43-,49-47-,50-48-. The van der Waals surface area contributed by atoms with Crippen LogP contribution in [0.15, 0.2) is 194 Å². The first-order valence-electron chi connectivity index (χ1n) is 31.0. The Hall–Kier alpha value is -5.26. The van der Waals surface area contributed by atoms with Gasteiger partial charge in [-0.05, 0) is 141 Å². The highest BCUT2D eigenvalue weighted by Gasteiger charge is 2.16. The van der Waals surface area contributed by atoms with Gasteiger partial charge in [0.05, 0.1) is 6.61 Å². The summed E-state index contributed by atoms with van der Waals surface area (Å²) in [6.07, 6.45) is 105. The lowest BCUT2D eigenvalue weighted by Crippen LogP contribution is -2.28. The molecule has 0 bridgehead atoms. The van der Waals surface area contributed by atoms with E-state index in [-0.39, 0.29) is 25.2 Å². The highest BCUT2D eigenvalue weighted by molar-refractivity contribution is 5.70. The van der Waals surface area contributed by atoms with E-state index < -0.39 is 6.10 Å². The molecular formula is C73H112O5. The van der Waals surface area contributed by atoms with Gasteiger partial charge in [-0.2, -0.15) is 0 Å². The Morgan fingerprint density at radius 3 is 0.769 bits per heavy atom. The summed E-state index contributed by atoms with van der Waals surface area (Å²) in [7, 11) is 0. The van der Waals surface area contributed by atoms with Gasteiger partial charge < -0.3 is 14.6 Å². The highest BCUT2D eigenvalue weighted by atomic mass is 16.6. The van der Waals surface area contributed by atoms with Crippen molar-refractivity contribution >= 4 is 11.9 Å². The molecule has 434 valence electrons. The lowest BCUT2D eigenvalue weighted by atomic mass is 10.1. The molecule has 0 aromatic carbocycles. The van der Waals surface area contributed by atoms with Gasteiger partial charge in [0.2, 0.25) is 0 Å². The maximum Gasteiger partial charge on any atom is 0.306 e. The van der Waals surface area contributed by atoms with Crippen LogP contribution in [0, 0.1) is 0 Å². The number of esters is 2. The van der Waals surface area contributed by atoms with Crippen LogP contribution in [0.1, 0.15) is 232 Å². The van der Waals surface area contributed by atoms with Crippen LogP contribution in [0.5, 0.6) is 0 Å². The SMILES string of the molecule is CC/C=C\C/C=C\C/C=C\C/C=C\C/C=C\C/C=C\C/C=C\C/C=C\C/C=C\C/C=C\C/C=C\CCCCCCCCCC(=O)OC(CO)COC(=O)CCCCCCCCC/C=C\C/C=C\C/C=C\C/C=C\C/C=C\CC.